The Balaban J connectivity index is 2.26. The number of methoxy groups -OCH3 is 2. The Kier molecular flexibility index (Phi) is 8.99. The first kappa shape index (κ1) is 18.5. The van der Waals surface area contributed by atoms with Crippen molar-refractivity contribution in [2.24, 2.45) is 0 Å². The van der Waals surface area contributed by atoms with Gasteiger partial charge >= 0.3 is 0 Å². The number of ether oxygens (including phenoxy) is 3. The minimum atomic E-state index is -0.656. The molecule has 0 aliphatic carbocycles. The fraction of sp³-hybridized carbons (Fsp3) is 0.571. The Morgan fingerprint density at radius 2 is 1.95 bits per heavy atom. The van der Waals surface area contributed by atoms with E-state index in [1.807, 2.05) is 0 Å². The van der Waals surface area contributed by atoms with Gasteiger partial charge in [-0.25, -0.2) is 0 Å². The van der Waals surface area contributed by atoms with Crippen molar-refractivity contribution in [2.45, 2.75) is 12.2 Å². The molecule has 2 unspecified atom stereocenters. The third-order valence-electron chi connectivity index (χ3n) is 2.76. The zero-order valence-corrected chi connectivity index (χ0v) is 13.7. The van der Waals surface area contributed by atoms with Crippen molar-refractivity contribution in [3.8, 4) is 5.75 Å². The van der Waals surface area contributed by atoms with Crippen molar-refractivity contribution in [2.75, 3.05) is 40.5 Å². The first-order valence-corrected chi connectivity index (χ1v) is 7.30. The molecule has 21 heavy (non-hydrogen) atoms. The summed E-state index contributed by atoms with van der Waals surface area (Å²) in [5.74, 6) is 0.495. The van der Waals surface area contributed by atoms with Gasteiger partial charge in [-0.2, -0.15) is 0 Å². The van der Waals surface area contributed by atoms with Crippen LogP contribution < -0.4 is 10.1 Å². The van der Waals surface area contributed by atoms with Gasteiger partial charge in [-0.1, -0.05) is 23.2 Å². The highest BCUT2D eigenvalue weighted by molar-refractivity contribution is 6.35. The van der Waals surface area contributed by atoms with Crippen molar-refractivity contribution in [3.63, 3.8) is 0 Å². The predicted octanol–water partition coefficient (Wildman–Crippen LogP) is 1.98. The van der Waals surface area contributed by atoms with Crippen LogP contribution in [0.15, 0.2) is 18.2 Å². The van der Waals surface area contributed by atoms with Crippen molar-refractivity contribution in [1.82, 2.24) is 5.32 Å². The van der Waals surface area contributed by atoms with Crippen LogP contribution in [-0.2, 0) is 9.47 Å². The Hall–Kier alpha value is -0.560. The molecular formula is C14H21Cl2NO4. The summed E-state index contributed by atoms with van der Waals surface area (Å²) in [7, 11) is 3.23. The van der Waals surface area contributed by atoms with E-state index < -0.39 is 6.10 Å². The van der Waals surface area contributed by atoms with E-state index in [0.717, 1.165) is 0 Å². The van der Waals surface area contributed by atoms with Crippen molar-refractivity contribution < 1.29 is 19.3 Å². The number of rotatable bonds is 10. The summed E-state index contributed by atoms with van der Waals surface area (Å²) in [6.45, 7) is 1.60. The van der Waals surface area contributed by atoms with Crippen LogP contribution in [0.1, 0.15) is 0 Å². The lowest BCUT2D eigenvalue weighted by Gasteiger charge is -2.17. The van der Waals surface area contributed by atoms with Crippen molar-refractivity contribution in [3.05, 3.63) is 28.2 Å². The minimum absolute atomic E-state index is 0.0474. The Labute approximate surface area is 135 Å². The number of aliphatic hydroxyl groups excluding tert-OH is 1. The molecule has 2 atom stereocenters. The first-order chi connectivity index (χ1) is 10.1. The monoisotopic (exact) mass is 337 g/mol. The Morgan fingerprint density at radius 3 is 2.57 bits per heavy atom. The third-order valence-corrected chi connectivity index (χ3v) is 3.29. The molecule has 7 heteroatoms. The molecule has 0 aliphatic heterocycles. The molecule has 0 fully saturated rings. The molecule has 0 aromatic heterocycles. The molecule has 0 heterocycles. The molecule has 2 N–H and O–H groups in total. The number of halogens is 2. The van der Waals surface area contributed by atoms with E-state index >= 15 is 0 Å². The fourth-order valence-corrected chi connectivity index (χ4v) is 2.11. The first-order valence-electron chi connectivity index (χ1n) is 6.55. The summed E-state index contributed by atoms with van der Waals surface area (Å²) >= 11 is 11.8. The Morgan fingerprint density at radius 1 is 1.19 bits per heavy atom. The number of aliphatic hydroxyl groups is 1. The molecule has 1 rings (SSSR count). The van der Waals surface area contributed by atoms with E-state index in [0.29, 0.717) is 35.5 Å². The largest absolute Gasteiger partial charge is 0.489 e. The molecule has 120 valence electrons. The molecule has 1 aromatic rings. The minimum Gasteiger partial charge on any atom is -0.489 e. The third kappa shape index (κ3) is 7.31. The number of hydrogen-bond donors (Lipinski definition) is 2. The average molecular weight is 338 g/mol. The highest BCUT2D eigenvalue weighted by atomic mass is 35.5. The van der Waals surface area contributed by atoms with E-state index in [1.54, 1.807) is 32.4 Å². The van der Waals surface area contributed by atoms with Gasteiger partial charge in [0.2, 0.25) is 0 Å². The maximum Gasteiger partial charge on any atom is 0.138 e. The number of hydrogen-bond acceptors (Lipinski definition) is 5. The maximum atomic E-state index is 9.84. The molecule has 0 spiro atoms. The van der Waals surface area contributed by atoms with E-state index in [2.05, 4.69) is 5.32 Å². The van der Waals surface area contributed by atoms with E-state index in [4.69, 9.17) is 37.4 Å². The summed E-state index contributed by atoms with van der Waals surface area (Å²) in [6.07, 6.45) is -0.703. The average Bonchev–Trinajstić information content (AvgIpc) is 2.45. The summed E-state index contributed by atoms with van der Waals surface area (Å²) in [6, 6.07) is 4.95. The lowest BCUT2D eigenvalue weighted by Crippen LogP contribution is -2.38. The van der Waals surface area contributed by atoms with Crippen molar-refractivity contribution >= 4 is 23.2 Å². The molecule has 0 bridgehead atoms. The van der Waals surface area contributed by atoms with Gasteiger partial charge in [-0.3, -0.25) is 0 Å². The van der Waals surface area contributed by atoms with E-state index in [1.165, 1.54) is 0 Å². The molecule has 5 nitrogen and oxygen atoms in total. The van der Waals surface area contributed by atoms with Gasteiger partial charge in [-0.15, -0.1) is 0 Å². The number of nitrogens with one attached hydrogen (secondary N) is 1. The van der Waals surface area contributed by atoms with E-state index in [9.17, 15) is 5.11 Å². The van der Waals surface area contributed by atoms with Crippen LogP contribution in [0.2, 0.25) is 10.0 Å². The predicted molar refractivity (Wildman–Crippen MR) is 83.5 cm³/mol. The topological polar surface area (TPSA) is 60.0 Å². The normalized spacial score (nSPS) is 14.0. The zero-order chi connectivity index (χ0) is 15.7. The van der Waals surface area contributed by atoms with Gasteiger partial charge in [0.15, 0.2) is 0 Å². The smallest absolute Gasteiger partial charge is 0.138 e. The highest BCUT2D eigenvalue weighted by Gasteiger charge is 2.10. The van der Waals surface area contributed by atoms with Gasteiger partial charge in [0, 0.05) is 32.3 Å². The number of benzene rings is 1. The molecule has 0 aliphatic rings. The van der Waals surface area contributed by atoms with Crippen LogP contribution >= 0.6 is 23.2 Å². The molecule has 0 saturated heterocycles. The highest BCUT2D eigenvalue weighted by Crippen LogP contribution is 2.27. The van der Waals surface area contributed by atoms with Crippen molar-refractivity contribution in [1.29, 1.82) is 0 Å². The second-order valence-corrected chi connectivity index (χ2v) is 5.35. The molecule has 1 aromatic carbocycles. The summed E-state index contributed by atoms with van der Waals surface area (Å²) in [5, 5.41) is 13.9. The molecule has 0 radical (unpaired) electrons. The van der Waals surface area contributed by atoms with Crippen LogP contribution in [0.4, 0.5) is 0 Å². The molecule has 0 amide bonds. The van der Waals surface area contributed by atoms with Gasteiger partial charge in [0.1, 0.15) is 18.5 Å². The fourth-order valence-electron chi connectivity index (χ4n) is 1.64. The summed E-state index contributed by atoms with van der Waals surface area (Å²) in [5.41, 5.74) is 0. The second kappa shape index (κ2) is 10.2. The lowest BCUT2D eigenvalue weighted by atomic mass is 10.3. The molecular weight excluding hydrogens is 317 g/mol. The quantitative estimate of drug-likeness (QED) is 0.683. The maximum absolute atomic E-state index is 9.84. The van der Waals surface area contributed by atoms with Crippen LogP contribution in [0.5, 0.6) is 5.75 Å². The zero-order valence-electron chi connectivity index (χ0n) is 12.1. The van der Waals surface area contributed by atoms with E-state index in [-0.39, 0.29) is 12.7 Å². The van der Waals surface area contributed by atoms with Crippen LogP contribution in [-0.4, -0.2) is 57.8 Å². The van der Waals surface area contributed by atoms with Gasteiger partial charge in [0.25, 0.3) is 0 Å². The van der Waals surface area contributed by atoms with Crippen LogP contribution in [0.25, 0.3) is 0 Å². The SMILES string of the molecule is COCC(CNCC(O)COc1ccc(Cl)cc1Cl)OC. The van der Waals surface area contributed by atoms with Crippen LogP contribution in [0, 0.1) is 0 Å². The van der Waals surface area contributed by atoms with Gasteiger partial charge in [-0.05, 0) is 18.2 Å². The standard InChI is InChI=1S/C14H21Cl2NO4/c1-19-9-12(20-2)7-17-6-11(18)8-21-14-4-3-10(15)5-13(14)16/h3-5,11-12,17-18H,6-9H2,1-2H3. The summed E-state index contributed by atoms with van der Waals surface area (Å²) < 4.78 is 15.6. The lowest BCUT2D eigenvalue weighted by molar-refractivity contribution is 0.0257. The second-order valence-electron chi connectivity index (χ2n) is 4.51. The van der Waals surface area contributed by atoms with Gasteiger partial charge in [0.05, 0.1) is 17.7 Å². The summed E-state index contributed by atoms with van der Waals surface area (Å²) in [4.78, 5) is 0. The van der Waals surface area contributed by atoms with Gasteiger partial charge < -0.3 is 24.6 Å². The molecule has 0 saturated carbocycles. The van der Waals surface area contributed by atoms with Crippen LogP contribution in [0.3, 0.4) is 0 Å². The Bertz CT molecular complexity index is 420.